The Morgan fingerprint density at radius 2 is 2.18 bits per heavy atom. The molecule has 1 rings (SSSR count). The van der Waals surface area contributed by atoms with Gasteiger partial charge < -0.3 is 5.73 Å². The zero-order chi connectivity index (χ0) is 8.53. The van der Waals surface area contributed by atoms with Crippen LogP contribution in [0.5, 0.6) is 0 Å². The maximum atomic E-state index is 5.46. The Balaban J connectivity index is 0.000000292. The number of alkyl halides is 1. The molecule has 0 saturated carbocycles. The second-order valence-electron chi connectivity index (χ2n) is 1.86. The molecule has 2 nitrogen and oxygen atoms in total. The van der Waals surface area contributed by atoms with Crippen molar-refractivity contribution in [1.29, 1.82) is 0 Å². The molecule has 2 N–H and O–H groups in total. The van der Waals surface area contributed by atoms with E-state index in [2.05, 4.69) is 4.98 Å². The molecule has 0 radical (unpaired) electrons. The highest BCUT2D eigenvalue weighted by Gasteiger charge is 1.83. The van der Waals surface area contributed by atoms with E-state index in [1.807, 2.05) is 25.1 Å². The molecule has 0 aliphatic rings. The van der Waals surface area contributed by atoms with Crippen LogP contribution in [-0.4, -0.2) is 11.5 Å². The Morgan fingerprint density at radius 3 is 2.45 bits per heavy atom. The summed E-state index contributed by atoms with van der Waals surface area (Å²) < 4.78 is 0. The second-order valence-corrected chi connectivity index (χ2v) is 2.13. The largest absolute Gasteiger partial charge is 0.331 e. The molecule has 0 bridgehead atoms. The molecule has 0 saturated heterocycles. The van der Waals surface area contributed by atoms with E-state index in [9.17, 15) is 0 Å². The number of aromatic nitrogens is 1. The van der Waals surface area contributed by atoms with Crippen LogP contribution >= 0.6 is 11.6 Å². The number of nitrogens with zero attached hydrogens (tertiary/aromatic N) is 1. The van der Waals surface area contributed by atoms with Crippen LogP contribution in [-0.2, 0) is 5.88 Å². The molecule has 0 fully saturated rings. The fourth-order valence-corrected chi connectivity index (χ4v) is 0.635. The Kier molecular flexibility index (Phi) is 7.10. The third-order valence-electron chi connectivity index (χ3n) is 0.863. The summed E-state index contributed by atoms with van der Waals surface area (Å²) in [6.07, 6.45) is 1.73. The van der Waals surface area contributed by atoms with Crippen LogP contribution in [0.4, 0.5) is 0 Å². The fraction of sp³-hybridized carbons (Fsp3) is 0.375. The topological polar surface area (TPSA) is 38.9 Å². The molecule has 0 amide bonds. The number of pyridine rings is 1. The zero-order valence-electron chi connectivity index (χ0n) is 6.63. The van der Waals surface area contributed by atoms with Gasteiger partial charge in [-0.2, -0.15) is 0 Å². The van der Waals surface area contributed by atoms with Gasteiger partial charge in [0.15, 0.2) is 0 Å². The van der Waals surface area contributed by atoms with Crippen molar-refractivity contribution in [3.63, 3.8) is 0 Å². The first kappa shape index (κ1) is 10.4. The van der Waals surface area contributed by atoms with Crippen LogP contribution in [0.15, 0.2) is 24.4 Å². The van der Waals surface area contributed by atoms with E-state index in [4.69, 9.17) is 17.3 Å². The summed E-state index contributed by atoms with van der Waals surface area (Å²) in [5, 5.41) is 0. The highest BCUT2D eigenvalue weighted by Crippen LogP contribution is 1.95. The molecule has 3 heteroatoms. The average Bonchev–Trinajstić information content (AvgIpc) is 2.08. The SMILES string of the molecule is CCN.ClCc1ccccn1. The van der Waals surface area contributed by atoms with Crippen LogP contribution in [0, 0.1) is 0 Å². The van der Waals surface area contributed by atoms with Crippen molar-refractivity contribution in [2.45, 2.75) is 12.8 Å². The molecule has 1 aromatic rings. The van der Waals surface area contributed by atoms with E-state index in [-0.39, 0.29) is 0 Å². The molecule has 0 aliphatic heterocycles. The molecular weight excluding hydrogens is 160 g/mol. The number of nitrogens with two attached hydrogens (primary N) is 1. The predicted molar refractivity (Wildman–Crippen MR) is 48.5 cm³/mol. The number of halogens is 1. The monoisotopic (exact) mass is 172 g/mol. The van der Waals surface area contributed by atoms with Gasteiger partial charge in [0.05, 0.1) is 11.6 Å². The minimum Gasteiger partial charge on any atom is -0.331 e. The first-order valence-corrected chi connectivity index (χ1v) is 4.04. The first-order valence-electron chi connectivity index (χ1n) is 3.51. The van der Waals surface area contributed by atoms with Crippen molar-refractivity contribution in [2.24, 2.45) is 5.73 Å². The molecule has 0 atom stereocenters. The summed E-state index contributed by atoms with van der Waals surface area (Å²) in [5.41, 5.74) is 5.77. The van der Waals surface area contributed by atoms with Crippen LogP contribution in [0.25, 0.3) is 0 Å². The fourth-order valence-electron chi connectivity index (χ4n) is 0.477. The quantitative estimate of drug-likeness (QED) is 0.656. The number of rotatable bonds is 1. The average molecular weight is 173 g/mol. The van der Waals surface area contributed by atoms with Crippen molar-refractivity contribution < 1.29 is 0 Å². The van der Waals surface area contributed by atoms with Crippen molar-refractivity contribution in [3.8, 4) is 0 Å². The standard InChI is InChI=1S/C6H6ClN.C2H7N/c7-5-6-3-1-2-4-8-6;1-2-3/h1-4H,5H2;2-3H2,1H3. The number of hydrogen-bond acceptors (Lipinski definition) is 2. The third kappa shape index (κ3) is 5.83. The first-order chi connectivity index (χ1) is 5.35. The normalized spacial score (nSPS) is 8.27. The third-order valence-corrected chi connectivity index (χ3v) is 1.14. The van der Waals surface area contributed by atoms with Gasteiger partial charge in [0.25, 0.3) is 0 Å². The Morgan fingerprint density at radius 1 is 1.55 bits per heavy atom. The molecule has 1 aromatic heterocycles. The molecule has 62 valence electrons. The predicted octanol–water partition coefficient (Wildman–Crippen LogP) is 1.79. The van der Waals surface area contributed by atoms with Gasteiger partial charge in [0.2, 0.25) is 0 Å². The number of hydrogen-bond donors (Lipinski definition) is 1. The lowest BCUT2D eigenvalue weighted by molar-refractivity contribution is 1.14. The summed E-state index contributed by atoms with van der Waals surface area (Å²) >= 11 is 5.46. The highest BCUT2D eigenvalue weighted by atomic mass is 35.5. The van der Waals surface area contributed by atoms with E-state index in [1.54, 1.807) is 6.20 Å². The summed E-state index contributed by atoms with van der Waals surface area (Å²) in [5.74, 6) is 0.501. The minimum atomic E-state index is 0.501. The van der Waals surface area contributed by atoms with Crippen LogP contribution < -0.4 is 5.73 Å². The molecule has 0 aromatic carbocycles. The van der Waals surface area contributed by atoms with Gasteiger partial charge in [-0.05, 0) is 18.7 Å². The molecule has 0 aliphatic carbocycles. The Labute approximate surface area is 72.4 Å². The Bertz CT molecular complexity index is 165. The van der Waals surface area contributed by atoms with Crippen LogP contribution in [0.3, 0.4) is 0 Å². The molecule has 11 heavy (non-hydrogen) atoms. The van der Waals surface area contributed by atoms with Crippen molar-refractivity contribution in [3.05, 3.63) is 30.1 Å². The van der Waals surface area contributed by atoms with E-state index < -0.39 is 0 Å². The maximum Gasteiger partial charge on any atom is 0.0647 e. The smallest absolute Gasteiger partial charge is 0.0647 e. The van der Waals surface area contributed by atoms with Crippen molar-refractivity contribution >= 4 is 11.6 Å². The van der Waals surface area contributed by atoms with E-state index >= 15 is 0 Å². The summed E-state index contributed by atoms with van der Waals surface area (Å²) in [4.78, 5) is 3.97. The second kappa shape index (κ2) is 7.51. The van der Waals surface area contributed by atoms with Crippen molar-refractivity contribution in [1.82, 2.24) is 4.98 Å². The van der Waals surface area contributed by atoms with Gasteiger partial charge in [0.1, 0.15) is 0 Å². The van der Waals surface area contributed by atoms with Crippen LogP contribution in [0.2, 0.25) is 0 Å². The summed E-state index contributed by atoms with van der Waals surface area (Å²) in [6.45, 7) is 2.65. The van der Waals surface area contributed by atoms with Gasteiger partial charge in [-0.15, -0.1) is 11.6 Å². The van der Waals surface area contributed by atoms with E-state index in [0.29, 0.717) is 5.88 Å². The highest BCUT2D eigenvalue weighted by molar-refractivity contribution is 6.16. The van der Waals surface area contributed by atoms with Gasteiger partial charge in [-0.25, -0.2) is 0 Å². The van der Waals surface area contributed by atoms with Gasteiger partial charge in [-0.1, -0.05) is 13.0 Å². The summed E-state index contributed by atoms with van der Waals surface area (Å²) in [7, 11) is 0. The van der Waals surface area contributed by atoms with E-state index in [1.165, 1.54) is 0 Å². The Hall–Kier alpha value is -0.600. The van der Waals surface area contributed by atoms with Gasteiger partial charge in [0, 0.05) is 6.20 Å². The maximum absolute atomic E-state index is 5.46. The summed E-state index contributed by atoms with van der Waals surface area (Å²) in [6, 6.07) is 5.69. The van der Waals surface area contributed by atoms with E-state index in [0.717, 1.165) is 12.2 Å². The molecule has 1 heterocycles. The molecule has 0 spiro atoms. The lowest BCUT2D eigenvalue weighted by Crippen LogP contribution is -1.87. The molecule has 0 unspecified atom stereocenters. The minimum absolute atomic E-state index is 0.501. The lowest BCUT2D eigenvalue weighted by atomic mass is 10.4. The zero-order valence-corrected chi connectivity index (χ0v) is 7.38. The molecular formula is C8H13ClN2. The lowest BCUT2D eigenvalue weighted by Gasteiger charge is -1.87. The van der Waals surface area contributed by atoms with Crippen LogP contribution in [0.1, 0.15) is 12.6 Å². The van der Waals surface area contributed by atoms with Gasteiger partial charge >= 0.3 is 0 Å². The van der Waals surface area contributed by atoms with Crippen molar-refractivity contribution in [2.75, 3.05) is 6.54 Å². The van der Waals surface area contributed by atoms with Gasteiger partial charge in [-0.3, -0.25) is 4.98 Å².